The van der Waals surface area contributed by atoms with E-state index < -0.39 is 9.05 Å². The first-order valence-electron chi connectivity index (χ1n) is 5.17. The summed E-state index contributed by atoms with van der Waals surface area (Å²) in [7, 11) is 1.73. The molecule has 0 bridgehead atoms. The Balaban J connectivity index is 2.19. The van der Waals surface area contributed by atoms with Gasteiger partial charge in [-0.05, 0) is 24.0 Å². The van der Waals surface area contributed by atoms with Crippen molar-refractivity contribution < 1.29 is 13.2 Å². The fraction of sp³-hybridized carbons (Fsp3) is 0.455. The van der Waals surface area contributed by atoms with Gasteiger partial charge in [-0.15, -0.1) is 0 Å². The van der Waals surface area contributed by atoms with Gasteiger partial charge in [0.1, 0.15) is 0 Å². The Hall–Kier alpha value is -0.580. The number of ether oxygens (including phenoxy) is 1. The second-order valence-electron chi connectivity index (χ2n) is 3.93. The summed E-state index contributed by atoms with van der Waals surface area (Å²) in [6.07, 6.45) is 2.16. The maximum atomic E-state index is 11.0. The van der Waals surface area contributed by atoms with E-state index in [9.17, 15) is 8.42 Å². The largest absolute Gasteiger partial charge is 0.374 e. The lowest BCUT2D eigenvalue weighted by atomic mass is 10.0. The van der Waals surface area contributed by atoms with Gasteiger partial charge >= 0.3 is 0 Å². The van der Waals surface area contributed by atoms with Gasteiger partial charge in [-0.2, -0.15) is 0 Å². The number of halogens is 1. The highest BCUT2D eigenvalue weighted by Gasteiger charge is 2.18. The van der Waals surface area contributed by atoms with E-state index >= 15 is 0 Å². The third-order valence-electron chi connectivity index (χ3n) is 2.59. The zero-order chi connectivity index (χ0) is 11.6. The minimum atomic E-state index is -3.49. The van der Waals surface area contributed by atoms with Gasteiger partial charge in [-0.1, -0.05) is 24.3 Å². The van der Waals surface area contributed by atoms with E-state index in [0.717, 1.165) is 25.0 Å². The van der Waals surface area contributed by atoms with Gasteiger partial charge in [-0.25, -0.2) is 8.42 Å². The first-order valence-corrected chi connectivity index (χ1v) is 7.65. The second kappa shape index (κ2) is 4.73. The molecule has 88 valence electrons. The summed E-state index contributed by atoms with van der Waals surface area (Å²) in [4.78, 5) is 0. The lowest BCUT2D eigenvalue weighted by molar-refractivity contribution is 0.112. The normalized spacial score (nSPS) is 21.2. The van der Waals surface area contributed by atoms with Crippen molar-refractivity contribution in [1.82, 2.24) is 0 Å². The van der Waals surface area contributed by atoms with Gasteiger partial charge in [0.2, 0.25) is 9.05 Å². The molecule has 0 spiro atoms. The molecule has 1 saturated heterocycles. The highest BCUT2D eigenvalue weighted by atomic mass is 35.7. The molecule has 1 fully saturated rings. The van der Waals surface area contributed by atoms with Crippen molar-refractivity contribution in [2.75, 3.05) is 6.61 Å². The molecular formula is C11H13ClO3S. The molecule has 5 heteroatoms. The van der Waals surface area contributed by atoms with E-state index in [-0.39, 0.29) is 11.9 Å². The van der Waals surface area contributed by atoms with Crippen LogP contribution in [0.1, 0.15) is 30.1 Å². The average Bonchev–Trinajstić information content (AvgIpc) is 2.68. The van der Waals surface area contributed by atoms with Crippen molar-refractivity contribution in [1.29, 1.82) is 0 Å². The van der Waals surface area contributed by atoms with Crippen LogP contribution >= 0.6 is 10.7 Å². The predicted molar refractivity (Wildman–Crippen MR) is 62.8 cm³/mol. The standard InChI is InChI=1S/C11H13ClO3S/c12-16(13,14)8-9-3-1-4-10(7-9)11-5-2-6-15-11/h1,3-4,7,11H,2,5-6,8H2. The molecule has 0 aliphatic carbocycles. The van der Waals surface area contributed by atoms with E-state index in [1.807, 2.05) is 18.2 Å². The van der Waals surface area contributed by atoms with Crippen LogP contribution in [0.3, 0.4) is 0 Å². The number of hydrogen-bond acceptors (Lipinski definition) is 3. The monoisotopic (exact) mass is 260 g/mol. The van der Waals surface area contributed by atoms with Crippen LogP contribution in [0.4, 0.5) is 0 Å². The molecule has 0 saturated carbocycles. The molecule has 0 aromatic heterocycles. The molecule has 0 N–H and O–H groups in total. The van der Waals surface area contributed by atoms with Gasteiger partial charge in [0.25, 0.3) is 0 Å². The Kier molecular flexibility index (Phi) is 3.52. The third kappa shape index (κ3) is 3.20. The Labute approximate surface area is 99.8 Å². The summed E-state index contributed by atoms with van der Waals surface area (Å²) >= 11 is 0. The van der Waals surface area contributed by atoms with Crippen LogP contribution in [-0.4, -0.2) is 15.0 Å². The Morgan fingerprint density at radius 2 is 2.25 bits per heavy atom. The molecule has 0 amide bonds. The van der Waals surface area contributed by atoms with Crippen molar-refractivity contribution in [3.8, 4) is 0 Å². The highest BCUT2D eigenvalue weighted by molar-refractivity contribution is 8.13. The summed E-state index contributed by atoms with van der Waals surface area (Å²) in [5.74, 6) is -0.130. The molecule has 0 radical (unpaired) electrons. The summed E-state index contributed by atoms with van der Waals surface area (Å²) in [6, 6.07) is 7.42. The average molecular weight is 261 g/mol. The third-order valence-corrected chi connectivity index (χ3v) is 3.60. The maximum absolute atomic E-state index is 11.0. The van der Waals surface area contributed by atoms with Gasteiger partial charge < -0.3 is 4.74 Å². The molecule has 1 atom stereocenters. The predicted octanol–water partition coefficient (Wildman–Crippen LogP) is 2.61. The van der Waals surface area contributed by atoms with Crippen LogP contribution in [0.5, 0.6) is 0 Å². The van der Waals surface area contributed by atoms with Crippen LogP contribution in [0, 0.1) is 0 Å². The Bertz CT molecular complexity index is 464. The van der Waals surface area contributed by atoms with Crippen LogP contribution in [0.25, 0.3) is 0 Å². The fourth-order valence-electron chi connectivity index (χ4n) is 1.92. The molecule has 3 nitrogen and oxygen atoms in total. The van der Waals surface area contributed by atoms with E-state index in [4.69, 9.17) is 15.4 Å². The topological polar surface area (TPSA) is 43.4 Å². The molecule has 1 aromatic carbocycles. The zero-order valence-electron chi connectivity index (χ0n) is 8.73. The smallest absolute Gasteiger partial charge is 0.236 e. The van der Waals surface area contributed by atoms with Crippen LogP contribution in [0.2, 0.25) is 0 Å². The van der Waals surface area contributed by atoms with Gasteiger partial charge in [0.05, 0.1) is 11.9 Å². The van der Waals surface area contributed by atoms with Crippen LogP contribution < -0.4 is 0 Å². The zero-order valence-corrected chi connectivity index (χ0v) is 10.3. The molecule has 1 heterocycles. The first kappa shape index (κ1) is 11.9. The van der Waals surface area contributed by atoms with E-state index in [1.54, 1.807) is 6.07 Å². The molecule has 1 aromatic rings. The molecule has 2 rings (SSSR count). The van der Waals surface area contributed by atoms with Crippen molar-refractivity contribution in [2.24, 2.45) is 0 Å². The fourth-order valence-corrected chi connectivity index (χ4v) is 2.88. The van der Waals surface area contributed by atoms with E-state index in [0.29, 0.717) is 5.56 Å². The van der Waals surface area contributed by atoms with Crippen molar-refractivity contribution in [2.45, 2.75) is 24.7 Å². The number of hydrogen-bond donors (Lipinski definition) is 0. The minimum absolute atomic E-state index is 0.109. The lowest BCUT2D eigenvalue weighted by Gasteiger charge is -2.10. The summed E-state index contributed by atoms with van der Waals surface area (Å²) in [5.41, 5.74) is 1.75. The number of benzene rings is 1. The van der Waals surface area contributed by atoms with Gasteiger partial charge in [-0.3, -0.25) is 0 Å². The van der Waals surface area contributed by atoms with Crippen molar-refractivity contribution in [3.05, 3.63) is 35.4 Å². The summed E-state index contributed by atoms with van der Waals surface area (Å²) in [6.45, 7) is 0.780. The first-order chi connectivity index (χ1) is 7.54. The minimum Gasteiger partial charge on any atom is -0.374 e. The van der Waals surface area contributed by atoms with Crippen LogP contribution in [-0.2, 0) is 19.5 Å². The molecule has 1 aliphatic heterocycles. The molecule has 1 unspecified atom stereocenters. The lowest BCUT2D eigenvalue weighted by Crippen LogP contribution is -1.99. The summed E-state index contributed by atoms with van der Waals surface area (Å²) in [5, 5.41) is 0. The highest BCUT2D eigenvalue weighted by Crippen LogP contribution is 2.29. The quantitative estimate of drug-likeness (QED) is 0.785. The summed E-state index contributed by atoms with van der Waals surface area (Å²) < 4.78 is 27.5. The molecule has 16 heavy (non-hydrogen) atoms. The van der Waals surface area contributed by atoms with Gasteiger partial charge in [0, 0.05) is 17.3 Å². The SMILES string of the molecule is O=S(=O)(Cl)Cc1cccc(C2CCCO2)c1. The maximum Gasteiger partial charge on any atom is 0.236 e. The van der Waals surface area contributed by atoms with Crippen molar-refractivity contribution in [3.63, 3.8) is 0 Å². The van der Waals surface area contributed by atoms with Crippen molar-refractivity contribution >= 4 is 19.7 Å². The Morgan fingerprint density at radius 1 is 1.44 bits per heavy atom. The van der Waals surface area contributed by atoms with Crippen LogP contribution in [0.15, 0.2) is 24.3 Å². The molecule has 1 aliphatic rings. The van der Waals surface area contributed by atoms with E-state index in [2.05, 4.69) is 0 Å². The van der Waals surface area contributed by atoms with Gasteiger partial charge in [0.15, 0.2) is 0 Å². The number of rotatable bonds is 3. The van der Waals surface area contributed by atoms with E-state index in [1.165, 1.54) is 0 Å². The molecular weight excluding hydrogens is 248 g/mol. The second-order valence-corrected chi connectivity index (χ2v) is 6.71. The Morgan fingerprint density at radius 3 is 2.88 bits per heavy atom.